The monoisotopic (exact) mass is 295 g/mol. The van der Waals surface area contributed by atoms with Gasteiger partial charge in [0.25, 0.3) is 0 Å². The molecule has 114 valence electrons. The summed E-state index contributed by atoms with van der Waals surface area (Å²) in [4.78, 5) is 10.3. The highest BCUT2D eigenvalue weighted by molar-refractivity contribution is 6.01. The van der Waals surface area contributed by atoms with Crippen molar-refractivity contribution in [2.24, 2.45) is 5.92 Å². The maximum absolute atomic E-state index is 4.49. The molecule has 1 atom stereocenters. The topological polar surface area (TPSA) is 60.6 Å². The van der Waals surface area contributed by atoms with E-state index in [2.05, 4.69) is 38.1 Å². The molecule has 4 rings (SSSR count). The summed E-state index contributed by atoms with van der Waals surface area (Å²) >= 11 is 0. The molecule has 2 N–H and O–H groups in total. The van der Waals surface area contributed by atoms with Gasteiger partial charge in [-0.25, -0.2) is 4.98 Å². The van der Waals surface area contributed by atoms with Gasteiger partial charge < -0.3 is 9.88 Å². The van der Waals surface area contributed by atoms with Crippen LogP contribution >= 0.6 is 0 Å². The molecule has 3 aromatic rings. The third-order valence-electron chi connectivity index (χ3n) is 4.78. The third-order valence-corrected chi connectivity index (χ3v) is 4.78. The second-order valence-corrected chi connectivity index (χ2v) is 6.09. The largest absolute Gasteiger partial charge is 0.371 e. The summed E-state index contributed by atoms with van der Waals surface area (Å²) in [5.41, 5.74) is 4.41. The Bertz CT molecular complexity index is 759. The lowest BCUT2D eigenvalue weighted by molar-refractivity contribution is 0.405. The van der Waals surface area contributed by atoms with Crippen molar-refractivity contribution in [3.05, 3.63) is 30.7 Å². The number of pyridine rings is 1. The Kier molecular flexibility index (Phi) is 3.33. The van der Waals surface area contributed by atoms with Crippen molar-refractivity contribution < 1.29 is 0 Å². The molecule has 4 heterocycles. The normalized spacial score (nSPS) is 19.0. The highest BCUT2D eigenvalue weighted by atomic mass is 15.1. The molecule has 22 heavy (non-hydrogen) atoms. The molecule has 3 aromatic heterocycles. The summed E-state index contributed by atoms with van der Waals surface area (Å²) in [6.45, 7) is 4.56. The SMILES string of the molecule is CC[C@H]1CCCN(c2ccnc3[nH]cc(-c4ccn[nH]4)c23)C1. The number of nitrogens with one attached hydrogen (secondary N) is 2. The summed E-state index contributed by atoms with van der Waals surface area (Å²) in [5, 5.41) is 8.34. The maximum Gasteiger partial charge on any atom is 0.140 e. The molecule has 5 heteroatoms. The van der Waals surface area contributed by atoms with E-state index in [9.17, 15) is 0 Å². The van der Waals surface area contributed by atoms with Gasteiger partial charge in [-0.1, -0.05) is 13.3 Å². The highest BCUT2D eigenvalue weighted by Crippen LogP contribution is 2.36. The van der Waals surface area contributed by atoms with Crippen molar-refractivity contribution >= 4 is 16.7 Å². The number of anilines is 1. The number of rotatable bonds is 3. The molecule has 1 aliphatic rings. The van der Waals surface area contributed by atoms with E-state index in [-0.39, 0.29) is 0 Å². The molecule has 1 fully saturated rings. The first kappa shape index (κ1) is 13.4. The first-order valence-electron chi connectivity index (χ1n) is 8.07. The van der Waals surface area contributed by atoms with Crippen LogP contribution < -0.4 is 4.90 Å². The van der Waals surface area contributed by atoms with Crippen LogP contribution in [0.1, 0.15) is 26.2 Å². The summed E-state index contributed by atoms with van der Waals surface area (Å²) in [6.07, 6.45) is 9.59. The molecular formula is C17H21N5. The first-order chi connectivity index (χ1) is 10.9. The Morgan fingerprint density at radius 2 is 2.27 bits per heavy atom. The van der Waals surface area contributed by atoms with Crippen LogP contribution in [-0.4, -0.2) is 33.3 Å². The Labute approximate surface area is 129 Å². The average molecular weight is 295 g/mol. The van der Waals surface area contributed by atoms with Gasteiger partial charge in [0.2, 0.25) is 0 Å². The van der Waals surface area contributed by atoms with Gasteiger partial charge in [-0.05, 0) is 30.9 Å². The second-order valence-electron chi connectivity index (χ2n) is 6.09. The molecular weight excluding hydrogens is 274 g/mol. The molecule has 0 aromatic carbocycles. The fourth-order valence-corrected chi connectivity index (χ4v) is 3.54. The number of piperidine rings is 1. The Morgan fingerprint density at radius 1 is 1.32 bits per heavy atom. The zero-order valence-electron chi connectivity index (χ0n) is 12.8. The summed E-state index contributed by atoms with van der Waals surface area (Å²) in [7, 11) is 0. The Morgan fingerprint density at radius 3 is 3.09 bits per heavy atom. The number of nitrogens with zero attached hydrogens (tertiary/aromatic N) is 3. The number of fused-ring (bicyclic) bond motifs is 1. The average Bonchev–Trinajstić information content (AvgIpc) is 3.23. The van der Waals surface area contributed by atoms with Gasteiger partial charge in [0, 0.05) is 42.9 Å². The van der Waals surface area contributed by atoms with Crippen LogP contribution in [-0.2, 0) is 0 Å². The van der Waals surface area contributed by atoms with Crippen molar-refractivity contribution in [3.63, 3.8) is 0 Å². The molecule has 0 aliphatic carbocycles. The molecule has 0 saturated carbocycles. The van der Waals surface area contributed by atoms with Crippen molar-refractivity contribution in [2.75, 3.05) is 18.0 Å². The van der Waals surface area contributed by atoms with Gasteiger partial charge >= 0.3 is 0 Å². The number of aromatic amines is 2. The van der Waals surface area contributed by atoms with Gasteiger partial charge in [-0.3, -0.25) is 5.10 Å². The number of hydrogen-bond acceptors (Lipinski definition) is 3. The molecule has 0 radical (unpaired) electrons. The Balaban J connectivity index is 1.82. The standard InChI is InChI=1S/C17H21N5/c1-2-12-4-3-9-22(11-12)15-6-7-18-17-16(15)13(10-19-17)14-5-8-20-21-14/h5-8,10,12H,2-4,9,11H2,1H3,(H,18,19)(H,20,21)/t12-/m0/s1. The van der Waals surface area contributed by atoms with Crippen LogP contribution in [0.2, 0.25) is 0 Å². The predicted molar refractivity (Wildman–Crippen MR) is 88.9 cm³/mol. The van der Waals surface area contributed by atoms with E-state index in [1.165, 1.54) is 30.3 Å². The van der Waals surface area contributed by atoms with Crippen molar-refractivity contribution in [3.8, 4) is 11.3 Å². The van der Waals surface area contributed by atoms with E-state index >= 15 is 0 Å². The van der Waals surface area contributed by atoms with E-state index in [4.69, 9.17) is 0 Å². The van der Waals surface area contributed by atoms with E-state index in [0.717, 1.165) is 35.9 Å². The lowest BCUT2D eigenvalue weighted by Crippen LogP contribution is -2.35. The molecule has 1 saturated heterocycles. The van der Waals surface area contributed by atoms with Gasteiger partial charge in [0.05, 0.1) is 11.1 Å². The Hall–Kier alpha value is -2.30. The number of aromatic nitrogens is 4. The van der Waals surface area contributed by atoms with Crippen LogP contribution in [0.3, 0.4) is 0 Å². The minimum atomic E-state index is 0.798. The zero-order valence-corrected chi connectivity index (χ0v) is 12.8. The maximum atomic E-state index is 4.49. The molecule has 0 unspecified atom stereocenters. The fraction of sp³-hybridized carbons (Fsp3) is 0.412. The van der Waals surface area contributed by atoms with Gasteiger partial charge in [0.1, 0.15) is 5.65 Å². The smallest absolute Gasteiger partial charge is 0.140 e. The fourth-order valence-electron chi connectivity index (χ4n) is 3.54. The minimum absolute atomic E-state index is 0.798. The highest BCUT2D eigenvalue weighted by Gasteiger charge is 2.22. The minimum Gasteiger partial charge on any atom is -0.371 e. The molecule has 0 spiro atoms. The zero-order chi connectivity index (χ0) is 14.9. The predicted octanol–water partition coefficient (Wildman–Crippen LogP) is 3.58. The second kappa shape index (κ2) is 5.48. The summed E-state index contributed by atoms with van der Waals surface area (Å²) < 4.78 is 0. The molecule has 5 nitrogen and oxygen atoms in total. The number of H-pyrrole nitrogens is 2. The van der Waals surface area contributed by atoms with Crippen LogP contribution in [0.4, 0.5) is 5.69 Å². The lowest BCUT2D eigenvalue weighted by atomic mass is 9.95. The first-order valence-corrected chi connectivity index (χ1v) is 8.07. The lowest BCUT2D eigenvalue weighted by Gasteiger charge is -2.34. The summed E-state index contributed by atoms with van der Waals surface area (Å²) in [5.74, 6) is 0.798. The third kappa shape index (κ3) is 2.17. The van der Waals surface area contributed by atoms with Crippen LogP contribution in [0, 0.1) is 5.92 Å². The summed E-state index contributed by atoms with van der Waals surface area (Å²) in [6, 6.07) is 4.15. The van der Waals surface area contributed by atoms with E-state index in [1.54, 1.807) is 6.20 Å². The molecule has 0 bridgehead atoms. The van der Waals surface area contributed by atoms with E-state index in [0.29, 0.717) is 0 Å². The van der Waals surface area contributed by atoms with Crippen LogP contribution in [0.15, 0.2) is 30.7 Å². The molecule has 1 aliphatic heterocycles. The van der Waals surface area contributed by atoms with Crippen molar-refractivity contribution in [1.29, 1.82) is 0 Å². The quantitative estimate of drug-likeness (QED) is 0.776. The van der Waals surface area contributed by atoms with E-state index < -0.39 is 0 Å². The van der Waals surface area contributed by atoms with Crippen LogP contribution in [0.5, 0.6) is 0 Å². The van der Waals surface area contributed by atoms with Gasteiger partial charge in [0.15, 0.2) is 0 Å². The van der Waals surface area contributed by atoms with Gasteiger partial charge in [-0.15, -0.1) is 0 Å². The van der Waals surface area contributed by atoms with Crippen molar-refractivity contribution in [2.45, 2.75) is 26.2 Å². The van der Waals surface area contributed by atoms with Gasteiger partial charge in [-0.2, -0.15) is 5.10 Å². The molecule has 0 amide bonds. The van der Waals surface area contributed by atoms with Crippen molar-refractivity contribution in [1.82, 2.24) is 20.2 Å². The van der Waals surface area contributed by atoms with Crippen LogP contribution in [0.25, 0.3) is 22.3 Å². The van der Waals surface area contributed by atoms with E-state index in [1.807, 2.05) is 18.5 Å². The number of hydrogen-bond donors (Lipinski definition) is 2.